The molecular weight excluding hydrogens is 316 g/mol. The van der Waals surface area contributed by atoms with E-state index in [-0.39, 0.29) is 5.78 Å². The van der Waals surface area contributed by atoms with Crippen molar-refractivity contribution < 1.29 is 4.79 Å². The summed E-state index contributed by atoms with van der Waals surface area (Å²) in [5.41, 5.74) is 8.23. The minimum absolute atomic E-state index is 0.123. The van der Waals surface area contributed by atoms with Crippen LogP contribution in [0, 0.1) is 0 Å². The Hall–Kier alpha value is -2.20. The molecule has 0 aliphatic rings. The number of nitrogens with zero attached hydrogens (tertiary/aromatic N) is 1. The number of nitrogen functional groups attached to an aromatic ring is 1. The molecule has 0 spiro atoms. The number of halogens is 1. The maximum absolute atomic E-state index is 12.5. The summed E-state index contributed by atoms with van der Waals surface area (Å²) >= 11 is 3.35. The van der Waals surface area contributed by atoms with E-state index in [0.29, 0.717) is 16.8 Å². The second-order valence-electron chi connectivity index (χ2n) is 4.48. The van der Waals surface area contributed by atoms with E-state index in [4.69, 9.17) is 5.73 Å². The summed E-state index contributed by atoms with van der Waals surface area (Å²) in [6.07, 6.45) is 1.59. The van der Waals surface area contributed by atoms with Crippen LogP contribution in [0.25, 0.3) is 10.9 Å². The van der Waals surface area contributed by atoms with Gasteiger partial charge in [-0.15, -0.1) is 0 Å². The third kappa shape index (κ3) is 2.30. The first kappa shape index (κ1) is 12.8. The average molecular weight is 327 g/mol. The van der Waals surface area contributed by atoms with Crippen LogP contribution < -0.4 is 5.73 Å². The Balaban J connectivity index is 2.10. The number of nitrogens with two attached hydrogens (primary N) is 1. The van der Waals surface area contributed by atoms with Crippen molar-refractivity contribution in [2.24, 2.45) is 0 Å². The largest absolute Gasteiger partial charge is 0.398 e. The van der Waals surface area contributed by atoms with Gasteiger partial charge in [0.1, 0.15) is 0 Å². The standard InChI is InChI=1S/C16H11BrN2O/c17-12-5-6-14(18)13(8-12)16(20)11-7-10-3-1-2-4-15(10)19-9-11/h1-9H,18H2. The van der Waals surface area contributed by atoms with E-state index >= 15 is 0 Å². The molecule has 0 saturated carbocycles. The van der Waals surface area contributed by atoms with Crippen molar-refractivity contribution >= 4 is 38.3 Å². The average Bonchev–Trinajstić information content (AvgIpc) is 2.48. The molecular formula is C16H11BrN2O. The number of hydrogen-bond acceptors (Lipinski definition) is 3. The quantitative estimate of drug-likeness (QED) is 0.575. The lowest BCUT2D eigenvalue weighted by atomic mass is 10.0. The summed E-state index contributed by atoms with van der Waals surface area (Å²) in [5.74, 6) is -0.123. The first-order valence-electron chi connectivity index (χ1n) is 6.09. The van der Waals surface area contributed by atoms with Crippen LogP contribution in [-0.2, 0) is 0 Å². The zero-order valence-corrected chi connectivity index (χ0v) is 12.1. The number of pyridine rings is 1. The third-order valence-electron chi connectivity index (χ3n) is 3.11. The Kier molecular flexibility index (Phi) is 3.24. The molecule has 3 aromatic rings. The molecule has 0 fully saturated rings. The number of para-hydroxylation sites is 1. The highest BCUT2D eigenvalue weighted by molar-refractivity contribution is 9.10. The van der Waals surface area contributed by atoms with Crippen LogP contribution in [0.2, 0.25) is 0 Å². The van der Waals surface area contributed by atoms with Gasteiger partial charge in [-0.1, -0.05) is 34.1 Å². The fraction of sp³-hybridized carbons (Fsp3) is 0. The van der Waals surface area contributed by atoms with Gasteiger partial charge >= 0.3 is 0 Å². The first-order chi connectivity index (χ1) is 9.65. The lowest BCUT2D eigenvalue weighted by Crippen LogP contribution is -2.06. The fourth-order valence-electron chi connectivity index (χ4n) is 2.08. The number of benzene rings is 2. The zero-order chi connectivity index (χ0) is 14.1. The summed E-state index contributed by atoms with van der Waals surface area (Å²) in [4.78, 5) is 16.8. The van der Waals surface area contributed by atoms with E-state index in [0.717, 1.165) is 15.4 Å². The minimum Gasteiger partial charge on any atom is -0.398 e. The summed E-state index contributed by atoms with van der Waals surface area (Å²) in [5, 5.41) is 0.937. The molecule has 4 heteroatoms. The van der Waals surface area contributed by atoms with E-state index in [1.54, 1.807) is 18.3 Å². The molecule has 2 N–H and O–H groups in total. The molecule has 0 aliphatic carbocycles. The maximum Gasteiger partial charge on any atom is 0.196 e. The Labute approximate surface area is 124 Å². The van der Waals surface area contributed by atoms with Gasteiger partial charge < -0.3 is 5.73 Å². The van der Waals surface area contributed by atoms with E-state index in [1.807, 2.05) is 36.4 Å². The summed E-state index contributed by atoms with van der Waals surface area (Å²) in [6.45, 7) is 0. The lowest BCUT2D eigenvalue weighted by molar-refractivity contribution is 0.103. The molecule has 0 saturated heterocycles. The maximum atomic E-state index is 12.5. The summed E-state index contributed by atoms with van der Waals surface area (Å²) in [7, 11) is 0. The number of carbonyl (C=O) groups is 1. The molecule has 20 heavy (non-hydrogen) atoms. The lowest BCUT2D eigenvalue weighted by Gasteiger charge is -2.06. The molecule has 3 rings (SSSR count). The Bertz CT molecular complexity index is 814. The molecule has 1 aromatic heterocycles. The van der Waals surface area contributed by atoms with Crippen LogP contribution in [0.15, 0.2) is 59.2 Å². The van der Waals surface area contributed by atoms with Crippen LogP contribution in [0.1, 0.15) is 15.9 Å². The van der Waals surface area contributed by atoms with Crippen LogP contribution in [0.3, 0.4) is 0 Å². The summed E-state index contributed by atoms with van der Waals surface area (Å²) < 4.78 is 0.823. The Morgan fingerprint density at radius 2 is 1.90 bits per heavy atom. The van der Waals surface area contributed by atoms with Gasteiger partial charge in [-0.3, -0.25) is 9.78 Å². The van der Waals surface area contributed by atoms with Gasteiger partial charge in [0.05, 0.1) is 5.52 Å². The predicted molar refractivity (Wildman–Crippen MR) is 83.7 cm³/mol. The molecule has 1 heterocycles. The van der Waals surface area contributed by atoms with Gasteiger partial charge in [-0.05, 0) is 30.3 Å². The highest BCUT2D eigenvalue weighted by Crippen LogP contribution is 2.22. The molecule has 0 bridgehead atoms. The van der Waals surface area contributed by atoms with Crippen molar-refractivity contribution in [3.05, 3.63) is 70.3 Å². The van der Waals surface area contributed by atoms with Crippen molar-refractivity contribution in [2.45, 2.75) is 0 Å². The van der Waals surface area contributed by atoms with Gasteiger partial charge in [-0.2, -0.15) is 0 Å². The van der Waals surface area contributed by atoms with Crippen molar-refractivity contribution in [3.8, 4) is 0 Å². The molecule has 0 amide bonds. The molecule has 98 valence electrons. The van der Waals surface area contributed by atoms with Crippen LogP contribution in [0.4, 0.5) is 5.69 Å². The number of carbonyl (C=O) groups excluding carboxylic acids is 1. The molecule has 0 unspecified atom stereocenters. The molecule has 0 radical (unpaired) electrons. The number of hydrogen-bond donors (Lipinski definition) is 1. The van der Waals surface area contributed by atoms with E-state index < -0.39 is 0 Å². The normalized spacial score (nSPS) is 10.7. The number of ketones is 1. The number of rotatable bonds is 2. The van der Waals surface area contributed by atoms with Gasteiger partial charge in [-0.25, -0.2) is 0 Å². The first-order valence-corrected chi connectivity index (χ1v) is 6.89. The Morgan fingerprint density at radius 1 is 1.10 bits per heavy atom. The Morgan fingerprint density at radius 3 is 2.75 bits per heavy atom. The fourth-order valence-corrected chi connectivity index (χ4v) is 2.44. The second-order valence-corrected chi connectivity index (χ2v) is 5.39. The van der Waals surface area contributed by atoms with Crippen LogP contribution >= 0.6 is 15.9 Å². The molecule has 2 aromatic carbocycles. The van der Waals surface area contributed by atoms with Crippen molar-refractivity contribution in [2.75, 3.05) is 5.73 Å². The smallest absolute Gasteiger partial charge is 0.196 e. The topological polar surface area (TPSA) is 56.0 Å². The van der Waals surface area contributed by atoms with Gasteiger partial charge in [0.2, 0.25) is 0 Å². The van der Waals surface area contributed by atoms with Crippen molar-refractivity contribution in [1.82, 2.24) is 4.98 Å². The minimum atomic E-state index is -0.123. The van der Waals surface area contributed by atoms with E-state index in [2.05, 4.69) is 20.9 Å². The van der Waals surface area contributed by atoms with Gasteiger partial charge in [0.25, 0.3) is 0 Å². The number of anilines is 1. The highest BCUT2D eigenvalue weighted by atomic mass is 79.9. The number of fused-ring (bicyclic) bond motifs is 1. The van der Waals surface area contributed by atoms with Crippen molar-refractivity contribution in [1.29, 1.82) is 0 Å². The monoisotopic (exact) mass is 326 g/mol. The summed E-state index contributed by atoms with van der Waals surface area (Å²) in [6, 6.07) is 14.8. The van der Waals surface area contributed by atoms with Gasteiger partial charge in [0, 0.05) is 32.9 Å². The third-order valence-corrected chi connectivity index (χ3v) is 3.61. The van der Waals surface area contributed by atoms with E-state index in [1.165, 1.54) is 0 Å². The van der Waals surface area contributed by atoms with Gasteiger partial charge in [0.15, 0.2) is 5.78 Å². The van der Waals surface area contributed by atoms with Crippen LogP contribution in [-0.4, -0.2) is 10.8 Å². The molecule has 3 nitrogen and oxygen atoms in total. The molecule has 0 aliphatic heterocycles. The highest BCUT2D eigenvalue weighted by Gasteiger charge is 2.13. The van der Waals surface area contributed by atoms with Crippen molar-refractivity contribution in [3.63, 3.8) is 0 Å². The SMILES string of the molecule is Nc1ccc(Br)cc1C(=O)c1cnc2ccccc2c1. The number of aromatic nitrogens is 1. The van der Waals surface area contributed by atoms with Crippen LogP contribution in [0.5, 0.6) is 0 Å². The predicted octanol–water partition coefficient (Wildman–Crippen LogP) is 3.81. The van der Waals surface area contributed by atoms with E-state index in [9.17, 15) is 4.79 Å². The second kappa shape index (κ2) is 5.06. The molecule has 0 atom stereocenters. The zero-order valence-electron chi connectivity index (χ0n) is 10.5.